The van der Waals surface area contributed by atoms with Crippen LogP contribution in [-0.4, -0.2) is 12.2 Å². The molecule has 2 aromatic carbocycles. The van der Waals surface area contributed by atoms with Crippen LogP contribution in [0.2, 0.25) is 0 Å². The van der Waals surface area contributed by atoms with E-state index in [1.807, 2.05) is 31.2 Å². The Morgan fingerprint density at radius 1 is 1.14 bits per heavy atom. The van der Waals surface area contributed by atoms with Gasteiger partial charge in [0, 0.05) is 0 Å². The summed E-state index contributed by atoms with van der Waals surface area (Å²) in [7, 11) is 1.63. The van der Waals surface area contributed by atoms with Crippen molar-refractivity contribution in [2.24, 2.45) is 0 Å². The summed E-state index contributed by atoms with van der Waals surface area (Å²) in [6.45, 7) is 1.92. The summed E-state index contributed by atoms with van der Waals surface area (Å²) in [6, 6.07) is 14.0. The van der Waals surface area contributed by atoms with Crippen molar-refractivity contribution in [3.63, 3.8) is 0 Å². The lowest BCUT2D eigenvalue weighted by Gasteiger charge is -2.27. The van der Waals surface area contributed by atoms with Crippen LogP contribution in [0.4, 0.5) is 4.39 Å². The van der Waals surface area contributed by atoms with E-state index in [0.29, 0.717) is 18.4 Å². The minimum absolute atomic E-state index is 0.316. The molecule has 0 saturated carbocycles. The molecule has 0 aromatic heterocycles. The quantitative estimate of drug-likeness (QED) is 0.868. The van der Waals surface area contributed by atoms with Gasteiger partial charge < -0.3 is 9.84 Å². The Morgan fingerprint density at radius 3 is 2.43 bits per heavy atom. The van der Waals surface area contributed by atoms with Crippen molar-refractivity contribution in [2.75, 3.05) is 7.11 Å². The summed E-state index contributed by atoms with van der Waals surface area (Å²) >= 11 is 0. The Kier molecular flexibility index (Phi) is 4.97. The first-order chi connectivity index (χ1) is 10.1. The maximum absolute atomic E-state index is 13.4. The van der Waals surface area contributed by atoms with Gasteiger partial charge in [0.05, 0.1) is 12.7 Å². The number of methoxy groups -OCH3 is 1. The first kappa shape index (κ1) is 15.5. The van der Waals surface area contributed by atoms with Crippen molar-refractivity contribution in [3.8, 4) is 5.75 Å². The largest absolute Gasteiger partial charge is 0.497 e. The van der Waals surface area contributed by atoms with Gasteiger partial charge in [-0.25, -0.2) is 4.39 Å². The maximum atomic E-state index is 13.4. The Labute approximate surface area is 125 Å². The molecule has 0 radical (unpaired) electrons. The molecule has 2 aromatic rings. The minimum atomic E-state index is -0.998. The molecule has 0 aliphatic rings. The van der Waals surface area contributed by atoms with E-state index in [4.69, 9.17) is 4.74 Å². The number of halogens is 1. The van der Waals surface area contributed by atoms with Crippen LogP contribution in [0.3, 0.4) is 0 Å². The maximum Gasteiger partial charge on any atom is 0.123 e. The average Bonchev–Trinajstić information content (AvgIpc) is 2.53. The number of ether oxygens (including phenoxy) is 1. The number of aliphatic hydroxyl groups is 1. The molecule has 0 bridgehead atoms. The van der Waals surface area contributed by atoms with Gasteiger partial charge in [-0.2, -0.15) is 0 Å². The van der Waals surface area contributed by atoms with E-state index in [2.05, 4.69) is 0 Å². The molecule has 0 aliphatic carbocycles. The van der Waals surface area contributed by atoms with Crippen LogP contribution in [0.25, 0.3) is 0 Å². The topological polar surface area (TPSA) is 29.5 Å². The van der Waals surface area contributed by atoms with E-state index < -0.39 is 5.60 Å². The van der Waals surface area contributed by atoms with Crippen molar-refractivity contribution in [1.29, 1.82) is 0 Å². The van der Waals surface area contributed by atoms with Gasteiger partial charge in [-0.3, -0.25) is 0 Å². The average molecular weight is 288 g/mol. The lowest BCUT2D eigenvalue weighted by Crippen LogP contribution is -2.25. The highest BCUT2D eigenvalue weighted by atomic mass is 19.1. The molecule has 0 spiro atoms. The second-order valence-electron chi connectivity index (χ2n) is 5.24. The second kappa shape index (κ2) is 6.72. The van der Waals surface area contributed by atoms with Crippen LogP contribution in [0, 0.1) is 5.82 Å². The summed E-state index contributed by atoms with van der Waals surface area (Å²) in [5.41, 5.74) is 0.764. The van der Waals surface area contributed by atoms with E-state index in [0.717, 1.165) is 17.7 Å². The summed E-state index contributed by atoms with van der Waals surface area (Å²) < 4.78 is 18.5. The van der Waals surface area contributed by atoms with Crippen molar-refractivity contribution in [3.05, 3.63) is 65.5 Å². The molecule has 1 unspecified atom stereocenters. The summed E-state index contributed by atoms with van der Waals surface area (Å²) in [5.74, 6) is 0.499. The second-order valence-corrected chi connectivity index (χ2v) is 5.24. The van der Waals surface area contributed by atoms with E-state index in [1.165, 1.54) is 12.1 Å². The fourth-order valence-corrected chi connectivity index (χ4v) is 2.45. The molecule has 0 heterocycles. The van der Waals surface area contributed by atoms with Crippen LogP contribution in [0.15, 0.2) is 48.5 Å². The predicted molar refractivity (Wildman–Crippen MR) is 81.9 cm³/mol. The molecule has 21 heavy (non-hydrogen) atoms. The Bertz CT molecular complexity index is 580. The van der Waals surface area contributed by atoms with E-state index in [1.54, 1.807) is 19.2 Å². The fourth-order valence-electron chi connectivity index (χ4n) is 2.45. The first-order valence-electron chi connectivity index (χ1n) is 7.19. The third-order valence-corrected chi connectivity index (χ3v) is 3.93. The van der Waals surface area contributed by atoms with Gasteiger partial charge in [0.2, 0.25) is 0 Å². The van der Waals surface area contributed by atoms with Crippen LogP contribution >= 0.6 is 0 Å². The molecule has 2 rings (SSSR count). The zero-order valence-corrected chi connectivity index (χ0v) is 12.5. The van der Waals surface area contributed by atoms with Gasteiger partial charge in [-0.1, -0.05) is 31.2 Å². The van der Waals surface area contributed by atoms with Gasteiger partial charge in [0.15, 0.2) is 0 Å². The van der Waals surface area contributed by atoms with Crippen molar-refractivity contribution >= 4 is 0 Å². The molecule has 112 valence electrons. The summed E-state index contributed by atoms with van der Waals surface area (Å²) in [5, 5.41) is 10.8. The molecule has 1 atom stereocenters. The van der Waals surface area contributed by atoms with Gasteiger partial charge >= 0.3 is 0 Å². The number of rotatable bonds is 6. The smallest absolute Gasteiger partial charge is 0.123 e. The fraction of sp³-hybridized carbons (Fsp3) is 0.333. The van der Waals surface area contributed by atoms with Crippen LogP contribution in [0.5, 0.6) is 5.75 Å². The Morgan fingerprint density at radius 2 is 1.86 bits per heavy atom. The normalized spacial score (nSPS) is 13.7. The third kappa shape index (κ3) is 3.82. The molecule has 0 amide bonds. The highest BCUT2D eigenvalue weighted by Gasteiger charge is 2.27. The van der Waals surface area contributed by atoms with Crippen LogP contribution in [-0.2, 0) is 12.0 Å². The van der Waals surface area contributed by atoms with E-state index in [-0.39, 0.29) is 5.82 Å². The number of hydrogen-bond acceptors (Lipinski definition) is 2. The van der Waals surface area contributed by atoms with Crippen molar-refractivity contribution in [2.45, 2.75) is 31.8 Å². The zero-order chi connectivity index (χ0) is 15.3. The molecular weight excluding hydrogens is 267 g/mol. The SMILES string of the molecule is CCC(O)(CCc1ccc(OC)cc1)c1cccc(F)c1. The first-order valence-corrected chi connectivity index (χ1v) is 7.19. The highest BCUT2D eigenvalue weighted by molar-refractivity contribution is 5.28. The molecule has 0 fully saturated rings. The van der Waals surface area contributed by atoms with Gasteiger partial charge in [-0.15, -0.1) is 0 Å². The number of aryl methyl sites for hydroxylation is 1. The van der Waals surface area contributed by atoms with Gasteiger partial charge in [0.25, 0.3) is 0 Å². The lowest BCUT2D eigenvalue weighted by atomic mass is 9.85. The third-order valence-electron chi connectivity index (χ3n) is 3.93. The zero-order valence-electron chi connectivity index (χ0n) is 12.5. The van der Waals surface area contributed by atoms with E-state index in [9.17, 15) is 9.50 Å². The van der Waals surface area contributed by atoms with Crippen molar-refractivity contribution in [1.82, 2.24) is 0 Å². The Hall–Kier alpha value is -1.87. The number of benzene rings is 2. The standard InChI is InChI=1S/C18H21FO2/c1-3-18(20,15-5-4-6-16(19)13-15)12-11-14-7-9-17(21-2)10-8-14/h4-10,13,20H,3,11-12H2,1-2H3. The Balaban J connectivity index is 2.10. The van der Waals surface area contributed by atoms with E-state index >= 15 is 0 Å². The van der Waals surface area contributed by atoms with Crippen LogP contribution in [0.1, 0.15) is 30.9 Å². The molecule has 2 nitrogen and oxygen atoms in total. The van der Waals surface area contributed by atoms with Crippen LogP contribution < -0.4 is 4.74 Å². The monoisotopic (exact) mass is 288 g/mol. The highest BCUT2D eigenvalue weighted by Crippen LogP contribution is 2.30. The molecular formula is C18H21FO2. The molecule has 1 N–H and O–H groups in total. The lowest BCUT2D eigenvalue weighted by molar-refractivity contribution is 0.0233. The van der Waals surface area contributed by atoms with Crippen molar-refractivity contribution < 1.29 is 14.2 Å². The minimum Gasteiger partial charge on any atom is -0.497 e. The summed E-state index contributed by atoms with van der Waals surface area (Å²) in [4.78, 5) is 0. The van der Waals surface area contributed by atoms with Gasteiger partial charge in [0.1, 0.15) is 11.6 Å². The molecule has 3 heteroatoms. The van der Waals surface area contributed by atoms with Gasteiger partial charge in [-0.05, 0) is 54.7 Å². The molecule has 0 saturated heterocycles. The number of hydrogen-bond donors (Lipinski definition) is 1. The molecule has 0 aliphatic heterocycles. The predicted octanol–water partition coefficient (Wildman–Crippen LogP) is 4.06. The summed E-state index contributed by atoms with van der Waals surface area (Å²) in [6.07, 6.45) is 1.83.